The summed E-state index contributed by atoms with van der Waals surface area (Å²) in [5.74, 6) is -1.05. The standard InChI is InChI=1S/C11H19NO4/c1-8(5-6-9(13)14)7-12-10(15)16-11(2,3)4/h5-6,8H,7H2,1-4H3,(H,12,15)(H,13,14)/b6-5+. The monoisotopic (exact) mass is 229 g/mol. The van der Waals surface area contributed by atoms with Gasteiger partial charge in [0, 0.05) is 12.6 Å². The van der Waals surface area contributed by atoms with Gasteiger partial charge in [0.25, 0.3) is 0 Å². The van der Waals surface area contributed by atoms with Crippen molar-refractivity contribution in [3.63, 3.8) is 0 Å². The van der Waals surface area contributed by atoms with Crippen LogP contribution in [0.5, 0.6) is 0 Å². The summed E-state index contributed by atoms with van der Waals surface area (Å²) in [5.41, 5.74) is -0.524. The van der Waals surface area contributed by atoms with Gasteiger partial charge in [0.1, 0.15) is 5.60 Å². The first-order chi connectivity index (χ1) is 7.20. The third kappa shape index (κ3) is 9.05. The molecular weight excluding hydrogens is 210 g/mol. The van der Waals surface area contributed by atoms with Crippen molar-refractivity contribution in [1.82, 2.24) is 5.32 Å². The molecule has 1 atom stereocenters. The van der Waals surface area contributed by atoms with Crippen LogP contribution in [0, 0.1) is 5.92 Å². The predicted molar refractivity (Wildman–Crippen MR) is 60.2 cm³/mol. The number of carbonyl (C=O) groups excluding carboxylic acids is 1. The number of hydrogen-bond donors (Lipinski definition) is 2. The molecule has 0 saturated carbocycles. The van der Waals surface area contributed by atoms with Gasteiger partial charge in [0.15, 0.2) is 0 Å². The van der Waals surface area contributed by atoms with Crippen LogP contribution >= 0.6 is 0 Å². The second-order valence-electron chi connectivity index (χ2n) is 4.56. The number of carbonyl (C=O) groups is 2. The summed E-state index contributed by atoms with van der Waals surface area (Å²) in [5, 5.41) is 11.0. The van der Waals surface area contributed by atoms with E-state index in [1.807, 2.05) is 0 Å². The van der Waals surface area contributed by atoms with Gasteiger partial charge in [-0.05, 0) is 26.7 Å². The van der Waals surface area contributed by atoms with E-state index in [4.69, 9.17) is 9.84 Å². The zero-order chi connectivity index (χ0) is 12.8. The molecule has 92 valence electrons. The van der Waals surface area contributed by atoms with E-state index in [0.717, 1.165) is 6.08 Å². The molecule has 0 radical (unpaired) electrons. The van der Waals surface area contributed by atoms with Crippen molar-refractivity contribution in [3.05, 3.63) is 12.2 Å². The van der Waals surface area contributed by atoms with Crippen molar-refractivity contribution in [2.45, 2.75) is 33.3 Å². The maximum Gasteiger partial charge on any atom is 0.407 e. The van der Waals surface area contributed by atoms with Gasteiger partial charge in [-0.25, -0.2) is 9.59 Å². The highest BCUT2D eigenvalue weighted by atomic mass is 16.6. The van der Waals surface area contributed by atoms with E-state index >= 15 is 0 Å². The zero-order valence-corrected chi connectivity index (χ0v) is 10.1. The number of alkyl carbamates (subject to hydrolysis) is 1. The van der Waals surface area contributed by atoms with Crippen molar-refractivity contribution in [2.75, 3.05) is 6.54 Å². The average Bonchev–Trinajstić information content (AvgIpc) is 2.08. The molecule has 16 heavy (non-hydrogen) atoms. The molecule has 0 rings (SSSR count). The maximum atomic E-state index is 11.2. The first kappa shape index (κ1) is 14.5. The van der Waals surface area contributed by atoms with Gasteiger partial charge in [-0.2, -0.15) is 0 Å². The molecule has 0 aromatic rings. The molecule has 2 N–H and O–H groups in total. The lowest BCUT2D eigenvalue weighted by Crippen LogP contribution is -2.34. The molecule has 0 aromatic carbocycles. The Morgan fingerprint density at radius 3 is 2.44 bits per heavy atom. The third-order valence-corrected chi connectivity index (χ3v) is 1.53. The Kier molecular flexibility index (Phi) is 5.56. The lowest BCUT2D eigenvalue weighted by Gasteiger charge is -2.20. The van der Waals surface area contributed by atoms with Gasteiger partial charge in [-0.3, -0.25) is 0 Å². The summed E-state index contributed by atoms with van der Waals surface area (Å²) < 4.78 is 5.02. The number of carboxylic acid groups (broad SMARTS) is 1. The molecule has 0 aliphatic rings. The smallest absolute Gasteiger partial charge is 0.407 e. The summed E-state index contributed by atoms with van der Waals surface area (Å²) in [6.45, 7) is 7.48. The Bertz CT molecular complexity index is 278. The molecular formula is C11H19NO4. The van der Waals surface area contributed by atoms with Gasteiger partial charge in [0.05, 0.1) is 0 Å². The maximum absolute atomic E-state index is 11.2. The number of rotatable bonds is 4. The van der Waals surface area contributed by atoms with Crippen LogP contribution in [-0.2, 0) is 9.53 Å². The topological polar surface area (TPSA) is 75.6 Å². The average molecular weight is 229 g/mol. The van der Waals surface area contributed by atoms with Crippen molar-refractivity contribution in [3.8, 4) is 0 Å². The van der Waals surface area contributed by atoms with E-state index in [9.17, 15) is 9.59 Å². The van der Waals surface area contributed by atoms with Crippen LogP contribution in [0.25, 0.3) is 0 Å². The summed E-state index contributed by atoms with van der Waals surface area (Å²) in [7, 11) is 0. The molecule has 0 aliphatic heterocycles. The number of ether oxygens (including phenoxy) is 1. The Hall–Kier alpha value is -1.52. The Morgan fingerprint density at radius 1 is 1.44 bits per heavy atom. The molecule has 1 unspecified atom stereocenters. The fraction of sp³-hybridized carbons (Fsp3) is 0.636. The van der Waals surface area contributed by atoms with Gasteiger partial charge < -0.3 is 15.2 Å². The van der Waals surface area contributed by atoms with Crippen molar-refractivity contribution < 1.29 is 19.4 Å². The van der Waals surface area contributed by atoms with Gasteiger partial charge in [-0.1, -0.05) is 13.0 Å². The second-order valence-corrected chi connectivity index (χ2v) is 4.56. The molecule has 0 saturated heterocycles. The Balaban J connectivity index is 3.88. The number of carboxylic acids is 1. The zero-order valence-electron chi connectivity index (χ0n) is 10.1. The quantitative estimate of drug-likeness (QED) is 0.720. The molecule has 5 nitrogen and oxygen atoms in total. The number of aliphatic carboxylic acids is 1. The van der Waals surface area contributed by atoms with Gasteiger partial charge >= 0.3 is 12.1 Å². The van der Waals surface area contributed by atoms with Crippen LogP contribution in [-0.4, -0.2) is 29.3 Å². The number of nitrogens with one attached hydrogen (secondary N) is 1. The van der Waals surface area contributed by atoms with Crippen LogP contribution in [0.2, 0.25) is 0 Å². The second kappa shape index (κ2) is 6.15. The summed E-state index contributed by atoms with van der Waals surface area (Å²) in [6.07, 6.45) is 2.07. The van der Waals surface area contributed by atoms with Crippen LogP contribution in [0.3, 0.4) is 0 Å². The first-order valence-corrected chi connectivity index (χ1v) is 5.08. The molecule has 1 amide bonds. The van der Waals surface area contributed by atoms with E-state index in [-0.39, 0.29) is 5.92 Å². The van der Waals surface area contributed by atoms with E-state index < -0.39 is 17.7 Å². The summed E-state index contributed by atoms with van der Waals surface area (Å²) in [6, 6.07) is 0. The van der Waals surface area contributed by atoms with E-state index in [0.29, 0.717) is 6.54 Å². The Morgan fingerprint density at radius 2 is 2.00 bits per heavy atom. The molecule has 0 heterocycles. The normalized spacial score (nSPS) is 13.5. The summed E-state index contributed by atoms with van der Waals surface area (Å²) in [4.78, 5) is 21.5. The third-order valence-electron chi connectivity index (χ3n) is 1.53. The molecule has 0 aromatic heterocycles. The lowest BCUT2D eigenvalue weighted by molar-refractivity contribution is -0.131. The number of amides is 1. The fourth-order valence-corrected chi connectivity index (χ4v) is 0.873. The predicted octanol–water partition coefficient (Wildman–Crippen LogP) is 1.79. The lowest BCUT2D eigenvalue weighted by atomic mass is 10.1. The van der Waals surface area contributed by atoms with Crippen molar-refractivity contribution in [2.24, 2.45) is 5.92 Å². The van der Waals surface area contributed by atoms with Crippen LogP contribution in [0.4, 0.5) is 4.79 Å². The first-order valence-electron chi connectivity index (χ1n) is 5.08. The summed E-state index contributed by atoms with van der Waals surface area (Å²) >= 11 is 0. The van der Waals surface area contributed by atoms with E-state index in [2.05, 4.69) is 5.32 Å². The molecule has 0 fully saturated rings. The van der Waals surface area contributed by atoms with Gasteiger partial charge in [0.2, 0.25) is 0 Å². The van der Waals surface area contributed by atoms with E-state index in [1.165, 1.54) is 6.08 Å². The van der Waals surface area contributed by atoms with Crippen LogP contribution < -0.4 is 5.32 Å². The molecule has 0 aliphatic carbocycles. The Labute approximate surface area is 95.5 Å². The molecule has 0 bridgehead atoms. The van der Waals surface area contributed by atoms with Crippen molar-refractivity contribution >= 4 is 12.1 Å². The van der Waals surface area contributed by atoms with Crippen LogP contribution in [0.1, 0.15) is 27.7 Å². The van der Waals surface area contributed by atoms with Crippen LogP contribution in [0.15, 0.2) is 12.2 Å². The highest BCUT2D eigenvalue weighted by molar-refractivity contribution is 5.79. The number of hydrogen-bond acceptors (Lipinski definition) is 3. The minimum Gasteiger partial charge on any atom is -0.478 e. The molecule has 5 heteroatoms. The largest absolute Gasteiger partial charge is 0.478 e. The highest BCUT2D eigenvalue weighted by Crippen LogP contribution is 2.06. The minimum absolute atomic E-state index is 0.0522. The van der Waals surface area contributed by atoms with Crippen molar-refractivity contribution in [1.29, 1.82) is 0 Å². The highest BCUT2D eigenvalue weighted by Gasteiger charge is 2.15. The SMILES string of the molecule is CC(/C=C/C(=O)O)CNC(=O)OC(C)(C)C. The fourth-order valence-electron chi connectivity index (χ4n) is 0.873. The minimum atomic E-state index is -0.996. The van der Waals surface area contributed by atoms with Gasteiger partial charge in [-0.15, -0.1) is 0 Å². The molecule has 0 spiro atoms. The van der Waals surface area contributed by atoms with E-state index in [1.54, 1.807) is 27.7 Å².